The Hall–Kier alpha value is 0.279. The molecule has 10 fully saturated rings. The summed E-state index contributed by atoms with van der Waals surface area (Å²) in [5.74, 6) is -0.274. The van der Waals surface area contributed by atoms with Crippen LogP contribution in [0, 0.1) is 0 Å². The summed E-state index contributed by atoms with van der Waals surface area (Å²) in [5.41, 5.74) is 0. The second kappa shape index (κ2) is 0.381. The summed E-state index contributed by atoms with van der Waals surface area (Å²) in [6.07, 6.45) is 0. The van der Waals surface area contributed by atoms with Crippen LogP contribution in [0.4, 0.5) is 0 Å². The first-order chi connectivity index (χ1) is 6.49. The summed E-state index contributed by atoms with van der Waals surface area (Å²) in [4.78, 5) is 21.8. The van der Waals surface area contributed by atoms with Crippen LogP contribution >= 0.6 is 12.4 Å². The Balaban J connectivity index is 0.000000529. The summed E-state index contributed by atoms with van der Waals surface area (Å²) in [7, 11) is 0. The van der Waals surface area contributed by atoms with Crippen LogP contribution in [0.1, 0.15) is 0 Å². The van der Waals surface area contributed by atoms with Gasteiger partial charge in [0.05, 0.1) is 0 Å². The molecule has 0 aromatic rings. The van der Waals surface area contributed by atoms with Crippen molar-refractivity contribution in [1.82, 2.24) is 0 Å². The van der Waals surface area contributed by atoms with Gasteiger partial charge in [-0.1, -0.05) is 0 Å². The molecular formula is C11H11ClFeO2. The van der Waals surface area contributed by atoms with Crippen molar-refractivity contribution in [2.24, 2.45) is 0 Å². The quantitative estimate of drug-likeness (QED) is 0.740. The number of hydrogen-bond donors (Lipinski definition) is 1. The molecular weight excluding hydrogens is 255 g/mol. The zero-order valence-electron chi connectivity index (χ0n) is 7.81. The monoisotopic (exact) mass is 266 g/mol. The van der Waals surface area contributed by atoms with Crippen LogP contribution in [-0.4, -0.2) is 11.1 Å². The summed E-state index contributed by atoms with van der Waals surface area (Å²) < 4.78 is 0.110. The number of carboxylic acids is 1. The van der Waals surface area contributed by atoms with E-state index < -0.39 is 6.51 Å². The Kier molecular flexibility index (Phi) is 0.146. The van der Waals surface area contributed by atoms with Crippen molar-refractivity contribution in [3.63, 3.8) is 0 Å². The van der Waals surface area contributed by atoms with Gasteiger partial charge in [-0.3, -0.25) is 0 Å². The third kappa shape index (κ3) is 0.0448. The van der Waals surface area contributed by atoms with Gasteiger partial charge in [-0.15, -0.1) is 12.4 Å². The molecule has 15 heavy (non-hydrogen) atoms. The number of halogens is 1. The van der Waals surface area contributed by atoms with Crippen LogP contribution in [0.25, 0.3) is 0 Å². The van der Waals surface area contributed by atoms with E-state index >= 15 is 0 Å². The molecule has 10 heterocycles. The van der Waals surface area contributed by atoms with Crippen molar-refractivity contribution in [1.29, 1.82) is 0 Å². The maximum absolute atomic E-state index is 11.8. The van der Waals surface area contributed by atoms with Crippen molar-refractivity contribution in [2.75, 3.05) is 0 Å². The van der Waals surface area contributed by atoms with Gasteiger partial charge in [0.2, 0.25) is 0 Å². The Labute approximate surface area is 82.5 Å². The van der Waals surface area contributed by atoms with E-state index in [2.05, 4.69) is 0 Å². The first-order valence-electron chi connectivity index (χ1n) is 5.94. The zero-order chi connectivity index (χ0) is 8.59. The molecule has 4 heteroatoms. The van der Waals surface area contributed by atoms with Gasteiger partial charge in [0.15, 0.2) is 0 Å². The molecule has 0 saturated carbocycles. The third-order valence-electron chi connectivity index (χ3n) is 15.0. The fourth-order valence-electron chi connectivity index (χ4n) is 16.8. The van der Waals surface area contributed by atoms with Crippen molar-refractivity contribution in [3.8, 4) is 0 Å². The van der Waals surface area contributed by atoms with Gasteiger partial charge in [0, 0.05) is 0 Å². The predicted octanol–water partition coefficient (Wildman–Crippen LogP) is 3.25. The molecule has 10 rings (SSSR count). The molecule has 0 amide bonds. The van der Waals surface area contributed by atoms with E-state index in [4.69, 9.17) is 0 Å². The van der Waals surface area contributed by atoms with Crippen LogP contribution in [0.3, 0.4) is 0 Å². The van der Waals surface area contributed by atoms with Gasteiger partial charge in [-0.05, 0) is 0 Å². The summed E-state index contributed by atoms with van der Waals surface area (Å²) in [5, 5.41) is 9.75. The van der Waals surface area contributed by atoms with Crippen LogP contribution in [0.15, 0.2) is 0 Å². The average Bonchev–Trinajstić information content (AvgIpc) is 3.13. The van der Waals surface area contributed by atoms with Crippen molar-refractivity contribution >= 4 is 18.4 Å². The molecule has 0 bridgehead atoms. The van der Waals surface area contributed by atoms with E-state index in [-0.39, 0.29) is 22.7 Å². The van der Waals surface area contributed by atoms with Crippen LogP contribution in [0.5, 0.6) is 0 Å². The van der Waals surface area contributed by atoms with E-state index in [1.807, 2.05) is 0 Å². The van der Waals surface area contributed by atoms with Gasteiger partial charge in [0.25, 0.3) is 0 Å². The van der Waals surface area contributed by atoms with Crippen LogP contribution in [-0.2, 0) is 11.3 Å². The molecule has 0 radical (unpaired) electrons. The fraction of sp³-hybridized carbons (Fsp3) is 0.909. The number of aliphatic carboxylic acids is 1. The first kappa shape index (κ1) is 5.75. The Morgan fingerprint density at radius 2 is 1.33 bits per heavy atom. The first-order valence-corrected chi connectivity index (χ1v) is 12.2. The number of fused-ring (bicyclic) bond motifs is 10. The summed E-state index contributed by atoms with van der Waals surface area (Å²) in [6.45, 7) is -3.19. The Morgan fingerprint density at radius 1 is 0.933 bits per heavy atom. The minimum atomic E-state index is -3.19. The standard InChI is InChI=1S/C6H5O2.C5H5.ClH.Fe/c7-6(8)5-3-1-2-4-5;1-2-4-5-3-1;;/h1-4H,(H,7,8);1-5H;1H;. The predicted molar refractivity (Wildman–Crippen MR) is 51.3 cm³/mol. The number of hydrogen-bond acceptors (Lipinski definition) is 1. The molecule has 4 atom stereocenters. The van der Waals surface area contributed by atoms with E-state index in [1.165, 1.54) is 33.7 Å². The van der Waals surface area contributed by atoms with Crippen molar-refractivity contribution in [2.45, 2.75) is 47.7 Å². The van der Waals surface area contributed by atoms with Gasteiger partial charge in [-0.25, -0.2) is 0 Å². The molecule has 1 spiro atoms. The summed E-state index contributed by atoms with van der Waals surface area (Å²) >= 11 is 0. The number of carboxylic acid groups (broad SMARTS) is 1. The fourth-order valence-corrected chi connectivity index (χ4v) is 90.3. The molecule has 10 aliphatic rings. The SMILES string of the molecule is Cl.O=C(O)[C]12[CH]3[CH]4[CH]5[CH]1[Fe]45321678[CH]2[CH]1[CH]6[CH]7[CH]28. The van der Waals surface area contributed by atoms with Gasteiger partial charge in [-0.2, -0.15) is 0 Å². The van der Waals surface area contributed by atoms with E-state index in [9.17, 15) is 9.90 Å². The molecule has 0 aromatic heterocycles. The molecule has 82 valence electrons. The van der Waals surface area contributed by atoms with Crippen LogP contribution in [0.2, 0.25) is 47.7 Å². The Bertz CT molecular complexity index is 853. The Morgan fingerprint density at radius 3 is 1.40 bits per heavy atom. The second-order valence-corrected chi connectivity index (χ2v) is 33.5. The molecule has 10 saturated heterocycles. The van der Waals surface area contributed by atoms with Crippen LogP contribution < -0.4 is 0 Å². The van der Waals surface area contributed by atoms with Gasteiger partial charge in [0.1, 0.15) is 0 Å². The summed E-state index contributed by atoms with van der Waals surface area (Å²) in [6, 6.07) is 0. The second-order valence-electron chi connectivity index (χ2n) is 9.98. The number of rotatable bonds is 1. The van der Waals surface area contributed by atoms with Gasteiger partial charge >= 0.3 is 70.0 Å². The molecule has 4 unspecified atom stereocenters. The van der Waals surface area contributed by atoms with Crippen molar-refractivity contribution < 1.29 is 16.4 Å². The molecule has 0 aliphatic carbocycles. The molecule has 10 aliphatic heterocycles. The molecule has 2 nitrogen and oxygen atoms in total. The topological polar surface area (TPSA) is 37.3 Å². The van der Waals surface area contributed by atoms with E-state index in [1.54, 1.807) is 0 Å². The minimum absolute atomic E-state index is 0. The average molecular weight is 267 g/mol. The normalized spacial score (nSPS) is 132. The van der Waals surface area contributed by atoms with E-state index in [0.29, 0.717) is 0 Å². The third-order valence-corrected chi connectivity index (χ3v) is 57.3. The molecule has 1 N–H and O–H groups in total. The number of carbonyl (C=O) groups is 1. The molecule has 0 aromatic carbocycles. The zero-order valence-corrected chi connectivity index (χ0v) is 9.73. The van der Waals surface area contributed by atoms with E-state index in [0.717, 1.165) is 9.63 Å². The van der Waals surface area contributed by atoms with Crippen molar-refractivity contribution in [3.05, 3.63) is 0 Å². The maximum atomic E-state index is 11.8. The van der Waals surface area contributed by atoms with Gasteiger partial charge < -0.3 is 0 Å².